The molecule has 0 spiro atoms. The predicted octanol–water partition coefficient (Wildman–Crippen LogP) is 6.55. The summed E-state index contributed by atoms with van der Waals surface area (Å²) in [5.41, 5.74) is 2.31. The van der Waals surface area contributed by atoms with Gasteiger partial charge in [-0.05, 0) is 48.2 Å². The number of methoxy groups -OCH3 is 2. The highest BCUT2D eigenvalue weighted by atomic mass is 32.1. The molecule has 0 saturated heterocycles. The second kappa shape index (κ2) is 9.32. The molecule has 1 fully saturated rings. The third-order valence-corrected chi connectivity index (χ3v) is 9.20. The van der Waals surface area contributed by atoms with Crippen LogP contribution in [-0.2, 0) is 6.61 Å². The molecule has 8 nitrogen and oxygen atoms in total. The number of ether oxygens (including phenoxy) is 3. The van der Waals surface area contributed by atoms with Crippen LogP contribution >= 0.6 is 31.9 Å². The Balaban J connectivity index is 1.23. The minimum Gasteiger partial charge on any atom is -0.496 e. The first-order chi connectivity index (χ1) is 17.4. The van der Waals surface area contributed by atoms with Gasteiger partial charge in [0.2, 0.25) is 4.96 Å². The zero-order valence-corrected chi connectivity index (χ0v) is 23.1. The first-order valence-electron chi connectivity index (χ1n) is 11.8. The molecule has 188 valence electrons. The number of hydrogen-bond acceptors (Lipinski definition) is 9. The Labute approximate surface area is 218 Å². The van der Waals surface area contributed by atoms with E-state index in [0.717, 1.165) is 16.0 Å². The second-order valence-electron chi connectivity index (χ2n) is 9.47. The van der Waals surface area contributed by atoms with Gasteiger partial charge >= 0.3 is 0 Å². The van der Waals surface area contributed by atoms with Gasteiger partial charge in [0.25, 0.3) is 5.19 Å². The lowest BCUT2D eigenvalue weighted by atomic mass is 9.82. The number of nitrogens with zero attached hydrogens (tertiary/aromatic N) is 4. The number of imidazole rings is 1. The van der Waals surface area contributed by atoms with Gasteiger partial charge in [0.15, 0.2) is 5.76 Å². The number of fused-ring (bicyclic) bond motifs is 2. The van der Waals surface area contributed by atoms with Crippen LogP contribution in [-0.4, -0.2) is 39.0 Å². The standard InChI is InChI=1S/C25H27N4O4PS2/c1-25(34)6-4-14(5-7-25)22-26-15(13-35-22)12-32-19-8-16(30-2)9-20-17(19)10-21(33-20)18-11-29-23(27-18)36-24(28-29)31-3/h8-11,13-14H,4-7,12,34H2,1-3H3. The molecule has 1 atom stereocenters. The van der Waals surface area contributed by atoms with Crippen molar-refractivity contribution in [3.8, 4) is 28.1 Å². The van der Waals surface area contributed by atoms with E-state index in [-0.39, 0.29) is 0 Å². The fourth-order valence-corrected chi connectivity index (χ4v) is 6.59. The third kappa shape index (κ3) is 4.58. The predicted molar refractivity (Wildman–Crippen MR) is 145 cm³/mol. The van der Waals surface area contributed by atoms with E-state index in [4.69, 9.17) is 23.6 Å². The quantitative estimate of drug-likeness (QED) is 0.216. The lowest BCUT2D eigenvalue weighted by Crippen LogP contribution is -2.23. The minimum absolute atomic E-state index is 0.372. The smallest absolute Gasteiger partial charge is 0.294 e. The molecule has 11 heteroatoms. The monoisotopic (exact) mass is 542 g/mol. The molecule has 6 rings (SSSR count). The molecule has 1 aromatic carbocycles. The van der Waals surface area contributed by atoms with E-state index in [1.54, 1.807) is 30.1 Å². The summed E-state index contributed by atoms with van der Waals surface area (Å²) in [7, 11) is 6.25. The van der Waals surface area contributed by atoms with Crippen LogP contribution in [0.5, 0.6) is 16.7 Å². The van der Waals surface area contributed by atoms with E-state index in [1.807, 2.05) is 24.4 Å². The maximum Gasteiger partial charge on any atom is 0.294 e. The molecule has 1 aliphatic carbocycles. The van der Waals surface area contributed by atoms with E-state index >= 15 is 0 Å². The van der Waals surface area contributed by atoms with Gasteiger partial charge in [-0.1, -0.05) is 6.92 Å². The van der Waals surface area contributed by atoms with E-state index in [0.29, 0.717) is 51.4 Å². The van der Waals surface area contributed by atoms with Crippen molar-refractivity contribution in [3.05, 3.63) is 40.5 Å². The van der Waals surface area contributed by atoms with Crippen LogP contribution in [0.1, 0.15) is 49.2 Å². The molecule has 0 bridgehead atoms. The van der Waals surface area contributed by atoms with Gasteiger partial charge in [-0.2, -0.15) is 0 Å². The summed E-state index contributed by atoms with van der Waals surface area (Å²) in [4.78, 5) is 10.3. The van der Waals surface area contributed by atoms with Crippen molar-refractivity contribution in [2.45, 2.75) is 50.3 Å². The third-order valence-electron chi connectivity index (χ3n) is 6.68. The number of furan rings is 1. The maximum absolute atomic E-state index is 6.25. The fourth-order valence-electron chi connectivity index (χ4n) is 4.58. The first-order valence-corrected chi connectivity index (χ1v) is 14.1. The second-order valence-corrected chi connectivity index (χ2v) is 12.7. The average Bonchev–Trinajstić information content (AvgIpc) is 3.64. The summed E-state index contributed by atoms with van der Waals surface area (Å²) >= 11 is 3.12. The largest absolute Gasteiger partial charge is 0.496 e. The van der Waals surface area contributed by atoms with Gasteiger partial charge in [0.1, 0.15) is 29.4 Å². The maximum atomic E-state index is 6.25. The van der Waals surface area contributed by atoms with Crippen molar-refractivity contribution in [3.63, 3.8) is 0 Å². The summed E-state index contributed by atoms with van der Waals surface area (Å²) in [5.74, 6) is 2.54. The molecule has 4 heterocycles. The Morgan fingerprint density at radius 1 is 1.17 bits per heavy atom. The number of hydrogen-bond donors (Lipinski definition) is 0. The van der Waals surface area contributed by atoms with E-state index < -0.39 is 0 Å². The van der Waals surface area contributed by atoms with Crippen LogP contribution in [0.4, 0.5) is 0 Å². The Morgan fingerprint density at radius 3 is 2.75 bits per heavy atom. The molecule has 1 aliphatic rings. The summed E-state index contributed by atoms with van der Waals surface area (Å²) < 4.78 is 24.8. The molecule has 1 unspecified atom stereocenters. The molecular weight excluding hydrogens is 515 g/mol. The van der Waals surface area contributed by atoms with Crippen LogP contribution in [0.3, 0.4) is 0 Å². The molecule has 0 aliphatic heterocycles. The highest BCUT2D eigenvalue weighted by Crippen LogP contribution is 2.43. The van der Waals surface area contributed by atoms with Crippen LogP contribution < -0.4 is 14.2 Å². The molecule has 0 amide bonds. The lowest BCUT2D eigenvalue weighted by molar-refractivity contribution is 0.302. The van der Waals surface area contributed by atoms with E-state index in [1.165, 1.54) is 42.0 Å². The Morgan fingerprint density at radius 2 is 2.00 bits per heavy atom. The number of rotatable bonds is 7. The van der Waals surface area contributed by atoms with Crippen molar-refractivity contribution < 1.29 is 18.6 Å². The molecule has 5 aromatic rings. The molecular formula is C25H27N4O4PS2. The van der Waals surface area contributed by atoms with Crippen LogP contribution in [0.25, 0.3) is 27.4 Å². The summed E-state index contributed by atoms with van der Waals surface area (Å²) in [6.45, 7) is 2.71. The minimum atomic E-state index is 0.372. The van der Waals surface area contributed by atoms with Crippen LogP contribution in [0, 0.1) is 0 Å². The van der Waals surface area contributed by atoms with E-state index in [2.05, 4.69) is 31.6 Å². The summed E-state index contributed by atoms with van der Waals surface area (Å²) in [5, 5.41) is 9.46. The SMILES string of the molecule is COc1cc(OCc2csc(C3CCC(C)(P)CC3)n2)c2cc(-c3cn4nc(OC)sc4n3)oc2c1. The Bertz CT molecular complexity index is 1490. The Kier molecular flexibility index (Phi) is 6.14. The van der Waals surface area contributed by atoms with Crippen molar-refractivity contribution in [1.82, 2.24) is 19.6 Å². The zero-order chi connectivity index (χ0) is 24.9. The Hall–Kier alpha value is -2.68. The zero-order valence-electron chi connectivity index (χ0n) is 20.3. The molecule has 0 radical (unpaired) electrons. The lowest BCUT2D eigenvalue weighted by Gasteiger charge is -2.33. The average molecular weight is 543 g/mol. The topological polar surface area (TPSA) is 83.9 Å². The van der Waals surface area contributed by atoms with Gasteiger partial charge in [0.05, 0.1) is 36.5 Å². The molecule has 4 aromatic heterocycles. The van der Waals surface area contributed by atoms with Crippen LogP contribution in [0.2, 0.25) is 0 Å². The van der Waals surface area contributed by atoms with Gasteiger partial charge in [-0.25, -0.2) is 14.5 Å². The fraction of sp³-hybridized carbons (Fsp3) is 0.400. The summed E-state index contributed by atoms with van der Waals surface area (Å²) in [6, 6.07) is 5.69. The molecule has 0 N–H and O–H groups in total. The van der Waals surface area contributed by atoms with Crippen molar-refractivity contribution >= 4 is 47.8 Å². The number of benzene rings is 1. The van der Waals surface area contributed by atoms with Crippen molar-refractivity contribution in [2.75, 3.05) is 14.2 Å². The van der Waals surface area contributed by atoms with Gasteiger partial charge in [0, 0.05) is 23.4 Å². The number of aromatic nitrogens is 4. The first kappa shape index (κ1) is 23.7. The van der Waals surface area contributed by atoms with Gasteiger partial charge in [-0.15, -0.1) is 25.7 Å². The van der Waals surface area contributed by atoms with Gasteiger partial charge < -0.3 is 18.6 Å². The molecule has 36 heavy (non-hydrogen) atoms. The van der Waals surface area contributed by atoms with Crippen molar-refractivity contribution in [1.29, 1.82) is 0 Å². The van der Waals surface area contributed by atoms with Crippen LogP contribution in [0.15, 0.2) is 34.2 Å². The summed E-state index contributed by atoms with van der Waals surface area (Å²) in [6.07, 6.45) is 6.64. The van der Waals surface area contributed by atoms with E-state index in [9.17, 15) is 0 Å². The van der Waals surface area contributed by atoms with Gasteiger partial charge in [-0.3, -0.25) is 0 Å². The van der Waals surface area contributed by atoms with Crippen molar-refractivity contribution in [2.24, 2.45) is 0 Å². The molecule has 1 saturated carbocycles. The highest BCUT2D eigenvalue weighted by molar-refractivity contribution is 7.19. The highest BCUT2D eigenvalue weighted by Gasteiger charge is 2.29. The normalized spacial score (nSPS) is 20.3. The number of thiazole rings is 1.